The van der Waals surface area contributed by atoms with Crippen LogP contribution in [0, 0.1) is 0 Å². The molecule has 108 valence electrons. The molecule has 0 spiro atoms. The van der Waals surface area contributed by atoms with Gasteiger partial charge in [-0.3, -0.25) is 4.79 Å². The number of hydrogen-bond acceptors (Lipinski definition) is 2. The number of amides is 1. The van der Waals surface area contributed by atoms with E-state index in [-0.39, 0.29) is 24.9 Å². The summed E-state index contributed by atoms with van der Waals surface area (Å²) in [6, 6.07) is 8.00. The monoisotopic (exact) mass is 285 g/mol. The van der Waals surface area contributed by atoms with Crippen LogP contribution in [0.1, 0.15) is 26.7 Å². The zero-order valence-electron chi connectivity index (χ0n) is 11.8. The van der Waals surface area contributed by atoms with Crippen molar-refractivity contribution in [3.05, 3.63) is 24.3 Å². The molecule has 0 aliphatic carbocycles. The van der Waals surface area contributed by atoms with Gasteiger partial charge in [0.2, 0.25) is 0 Å². The van der Waals surface area contributed by atoms with E-state index in [2.05, 4.69) is 35.9 Å². The molecular formula is C14H24ClN3O. The first kappa shape index (κ1) is 17.7. The van der Waals surface area contributed by atoms with E-state index in [1.807, 2.05) is 18.2 Å². The molecule has 0 aromatic heterocycles. The molecule has 19 heavy (non-hydrogen) atoms. The lowest BCUT2D eigenvalue weighted by Gasteiger charge is -2.24. The maximum Gasteiger partial charge on any atom is 0.279 e. The average molecular weight is 286 g/mol. The highest BCUT2D eigenvalue weighted by Crippen LogP contribution is 2.20. The highest BCUT2D eigenvalue weighted by atomic mass is 35.5. The third kappa shape index (κ3) is 5.94. The minimum atomic E-state index is -0.0512. The quantitative estimate of drug-likeness (QED) is 0.640. The van der Waals surface area contributed by atoms with Gasteiger partial charge in [0.05, 0.1) is 0 Å². The molecule has 0 atom stereocenters. The van der Waals surface area contributed by atoms with Crippen molar-refractivity contribution in [3.8, 4) is 0 Å². The summed E-state index contributed by atoms with van der Waals surface area (Å²) >= 11 is 0. The molecule has 0 unspecified atom stereocenters. The van der Waals surface area contributed by atoms with Crippen LogP contribution in [0.25, 0.3) is 0 Å². The van der Waals surface area contributed by atoms with E-state index in [9.17, 15) is 4.79 Å². The zero-order chi connectivity index (χ0) is 13.4. The molecule has 0 bridgehead atoms. The molecule has 0 radical (unpaired) electrons. The van der Waals surface area contributed by atoms with E-state index in [1.165, 1.54) is 5.69 Å². The molecule has 1 amide bonds. The van der Waals surface area contributed by atoms with Gasteiger partial charge >= 0.3 is 0 Å². The summed E-state index contributed by atoms with van der Waals surface area (Å²) in [7, 11) is 0. The lowest BCUT2D eigenvalue weighted by atomic mass is 10.2. The van der Waals surface area contributed by atoms with Crippen LogP contribution in [0.3, 0.4) is 0 Å². The van der Waals surface area contributed by atoms with Gasteiger partial charge in [-0.2, -0.15) is 0 Å². The van der Waals surface area contributed by atoms with E-state index >= 15 is 0 Å². The number of benzene rings is 1. The van der Waals surface area contributed by atoms with Crippen LogP contribution in [0.5, 0.6) is 0 Å². The van der Waals surface area contributed by atoms with Gasteiger partial charge in [-0.05, 0) is 31.0 Å². The first-order chi connectivity index (χ1) is 8.71. The van der Waals surface area contributed by atoms with Crippen LogP contribution >= 0.6 is 0 Å². The number of carbonyl (C=O) groups is 1. The molecule has 0 saturated carbocycles. The van der Waals surface area contributed by atoms with E-state index in [0.29, 0.717) is 0 Å². The van der Waals surface area contributed by atoms with E-state index in [0.717, 1.165) is 31.6 Å². The van der Waals surface area contributed by atoms with E-state index in [4.69, 9.17) is 0 Å². The van der Waals surface area contributed by atoms with Crippen LogP contribution < -0.4 is 28.4 Å². The number of quaternary nitrogens is 1. The van der Waals surface area contributed by atoms with Crippen molar-refractivity contribution in [2.45, 2.75) is 26.7 Å². The van der Waals surface area contributed by atoms with Crippen molar-refractivity contribution < 1.29 is 22.9 Å². The largest absolute Gasteiger partial charge is 1.00 e. The molecule has 4 N–H and O–H groups in total. The maximum atomic E-state index is 11.3. The normalized spacial score (nSPS) is 9.63. The summed E-state index contributed by atoms with van der Waals surface area (Å²) in [5.74, 6) is -0.0512. The molecule has 0 fully saturated rings. The van der Waals surface area contributed by atoms with Gasteiger partial charge in [-0.1, -0.05) is 19.9 Å². The number of halogens is 1. The summed E-state index contributed by atoms with van der Waals surface area (Å²) < 4.78 is 0. The van der Waals surface area contributed by atoms with Crippen molar-refractivity contribution >= 4 is 17.3 Å². The Labute approximate surface area is 121 Å². The second-order valence-electron chi connectivity index (χ2n) is 4.34. The van der Waals surface area contributed by atoms with Crippen molar-refractivity contribution in [2.24, 2.45) is 0 Å². The summed E-state index contributed by atoms with van der Waals surface area (Å²) in [5.41, 5.74) is 5.59. The second-order valence-corrected chi connectivity index (χ2v) is 4.34. The van der Waals surface area contributed by atoms with Gasteiger partial charge in [-0.25, -0.2) is 0 Å². The topological polar surface area (TPSA) is 60.0 Å². The molecule has 0 heterocycles. The van der Waals surface area contributed by atoms with Crippen LogP contribution in [0.2, 0.25) is 0 Å². The number of anilines is 2. The zero-order valence-corrected chi connectivity index (χ0v) is 12.5. The molecule has 1 aromatic rings. The minimum absolute atomic E-state index is 0. The van der Waals surface area contributed by atoms with Gasteiger partial charge in [0.1, 0.15) is 0 Å². The maximum absolute atomic E-state index is 11.3. The van der Waals surface area contributed by atoms with Crippen molar-refractivity contribution in [3.63, 3.8) is 0 Å². The standard InChI is InChI=1S/C14H23N3O.ClH/c1-3-8-17(9-4-2)13-7-5-6-12(10-13)16-14(18)11-15;/h5-7,10H,3-4,8-9,11,15H2,1-2H3,(H,16,18);1H. The molecule has 1 rings (SSSR count). The number of nitrogens with one attached hydrogen (secondary N) is 1. The van der Waals surface area contributed by atoms with Crippen LogP contribution in [0.15, 0.2) is 24.3 Å². The molecule has 4 nitrogen and oxygen atoms in total. The third-order valence-electron chi connectivity index (χ3n) is 2.71. The van der Waals surface area contributed by atoms with Crippen molar-refractivity contribution in [1.82, 2.24) is 0 Å². The Morgan fingerprint density at radius 2 is 1.89 bits per heavy atom. The fourth-order valence-corrected chi connectivity index (χ4v) is 1.91. The Balaban J connectivity index is 0.00000324. The minimum Gasteiger partial charge on any atom is -1.00 e. The summed E-state index contributed by atoms with van der Waals surface area (Å²) in [5, 5.41) is 2.84. The number of carbonyl (C=O) groups excluding carboxylic acids is 1. The Hall–Kier alpha value is -1.26. The van der Waals surface area contributed by atoms with Crippen LogP contribution in [-0.4, -0.2) is 25.5 Å². The first-order valence-electron chi connectivity index (χ1n) is 6.65. The predicted octanol–water partition coefficient (Wildman–Crippen LogP) is -1.50. The van der Waals surface area contributed by atoms with Crippen LogP contribution in [-0.2, 0) is 4.79 Å². The van der Waals surface area contributed by atoms with Gasteiger partial charge < -0.3 is 28.4 Å². The third-order valence-corrected chi connectivity index (χ3v) is 2.71. The lowest BCUT2D eigenvalue weighted by Crippen LogP contribution is -3.00. The van der Waals surface area contributed by atoms with Crippen LogP contribution in [0.4, 0.5) is 11.4 Å². The Kier molecular flexibility index (Phi) is 9.00. The first-order valence-corrected chi connectivity index (χ1v) is 6.65. The van der Waals surface area contributed by atoms with E-state index in [1.54, 1.807) is 0 Å². The Morgan fingerprint density at radius 3 is 2.42 bits per heavy atom. The SMILES string of the molecule is CCCN(CCC)c1cccc(NC(=O)C[NH3+])c1.[Cl-]. The summed E-state index contributed by atoms with van der Waals surface area (Å²) in [6.45, 7) is 6.70. The molecular weight excluding hydrogens is 262 g/mol. The lowest BCUT2D eigenvalue weighted by molar-refractivity contribution is -0.353. The highest BCUT2D eigenvalue weighted by molar-refractivity contribution is 5.91. The molecule has 5 heteroatoms. The summed E-state index contributed by atoms with van der Waals surface area (Å²) in [6.07, 6.45) is 2.24. The average Bonchev–Trinajstić information content (AvgIpc) is 2.38. The Morgan fingerprint density at radius 1 is 1.26 bits per heavy atom. The smallest absolute Gasteiger partial charge is 0.279 e. The predicted molar refractivity (Wildman–Crippen MR) is 75.6 cm³/mol. The van der Waals surface area contributed by atoms with Crippen molar-refractivity contribution in [2.75, 3.05) is 29.9 Å². The van der Waals surface area contributed by atoms with Crippen molar-refractivity contribution in [1.29, 1.82) is 0 Å². The summed E-state index contributed by atoms with van der Waals surface area (Å²) in [4.78, 5) is 13.7. The van der Waals surface area contributed by atoms with Gasteiger partial charge in [0.25, 0.3) is 5.91 Å². The number of hydrogen-bond donors (Lipinski definition) is 2. The fourth-order valence-electron chi connectivity index (χ4n) is 1.91. The van der Waals surface area contributed by atoms with E-state index < -0.39 is 0 Å². The number of rotatable bonds is 7. The molecule has 0 aliphatic heterocycles. The van der Waals surface area contributed by atoms with Gasteiger partial charge in [-0.15, -0.1) is 0 Å². The van der Waals surface area contributed by atoms with Gasteiger partial charge in [0, 0.05) is 24.5 Å². The van der Waals surface area contributed by atoms with Gasteiger partial charge in [0.15, 0.2) is 6.54 Å². The molecule has 1 aromatic carbocycles. The fraction of sp³-hybridized carbons (Fsp3) is 0.500. The molecule has 0 aliphatic rings. The highest BCUT2D eigenvalue weighted by Gasteiger charge is 2.06. The number of nitrogens with zero attached hydrogens (tertiary/aromatic N) is 1. The molecule has 0 saturated heterocycles. The second kappa shape index (κ2) is 9.64. The Bertz CT molecular complexity index is 379.